The summed E-state index contributed by atoms with van der Waals surface area (Å²) in [5.74, 6) is -0.799. The lowest BCUT2D eigenvalue weighted by Gasteiger charge is -2.20. The first kappa shape index (κ1) is 23.4. The Morgan fingerprint density at radius 2 is 1.71 bits per heavy atom. The van der Waals surface area contributed by atoms with E-state index in [2.05, 4.69) is 5.32 Å². The highest BCUT2D eigenvalue weighted by Gasteiger charge is 2.16. The molecule has 0 aliphatic rings. The fraction of sp³-hybridized carbons (Fsp3) is 0.192. The third-order valence-electron chi connectivity index (χ3n) is 5.36. The molecule has 1 atom stereocenters. The summed E-state index contributed by atoms with van der Waals surface area (Å²) in [6.07, 6.45) is 0. The number of fused-ring (bicyclic) bond motifs is 3. The molecule has 0 spiro atoms. The number of carbonyl (C=O) groups excluding carboxylic acids is 2. The molecule has 7 nitrogen and oxygen atoms in total. The highest BCUT2D eigenvalue weighted by molar-refractivity contribution is 7.98. The van der Waals surface area contributed by atoms with Crippen molar-refractivity contribution in [2.24, 2.45) is 0 Å². The molecule has 1 N–H and O–H groups in total. The number of thioether (sulfide) groups is 1. The number of aryl methyl sites for hydroxylation is 1. The van der Waals surface area contributed by atoms with Crippen molar-refractivity contribution in [1.82, 2.24) is 5.32 Å². The Bertz CT molecular complexity index is 1400. The molecule has 4 rings (SSSR count). The van der Waals surface area contributed by atoms with Crippen LogP contribution in [0.15, 0.2) is 75.9 Å². The van der Waals surface area contributed by atoms with Crippen LogP contribution < -0.4 is 20.8 Å². The fourth-order valence-corrected chi connectivity index (χ4v) is 4.64. The van der Waals surface area contributed by atoms with Crippen LogP contribution >= 0.6 is 11.8 Å². The number of ether oxygens (including phenoxy) is 1. The summed E-state index contributed by atoms with van der Waals surface area (Å²) in [6.45, 7) is 1.34. The Morgan fingerprint density at radius 3 is 2.44 bits per heavy atom. The van der Waals surface area contributed by atoms with Gasteiger partial charge in [-0.25, -0.2) is 4.79 Å². The Labute approximate surface area is 199 Å². The molecule has 0 radical (unpaired) electrons. The number of carboxylic acids is 1. The predicted octanol–water partition coefficient (Wildman–Crippen LogP) is 2.80. The zero-order valence-corrected chi connectivity index (χ0v) is 19.2. The minimum Gasteiger partial charge on any atom is -0.548 e. The van der Waals surface area contributed by atoms with Gasteiger partial charge in [0.05, 0.1) is 17.4 Å². The zero-order chi connectivity index (χ0) is 24.1. The highest BCUT2D eigenvalue weighted by atomic mass is 32.2. The number of amides is 1. The first-order valence-electron chi connectivity index (χ1n) is 10.6. The van der Waals surface area contributed by atoms with E-state index in [1.54, 1.807) is 31.2 Å². The first-order valence-corrected chi connectivity index (χ1v) is 11.8. The van der Waals surface area contributed by atoms with Gasteiger partial charge in [-0.1, -0.05) is 48.5 Å². The van der Waals surface area contributed by atoms with E-state index in [1.165, 1.54) is 11.8 Å². The number of nitrogens with one attached hydrogen (secondary N) is 1. The number of benzene rings is 3. The fourth-order valence-electron chi connectivity index (χ4n) is 3.63. The minimum atomic E-state index is -1.36. The van der Waals surface area contributed by atoms with Crippen molar-refractivity contribution in [3.05, 3.63) is 88.3 Å². The summed E-state index contributed by atoms with van der Waals surface area (Å²) in [4.78, 5) is 36.2. The first-order chi connectivity index (χ1) is 16.4. The second kappa shape index (κ2) is 10.4. The molecule has 4 aromatic rings. The van der Waals surface area contributed by atoms with E-state index in [0.29, 0.717) is 28.0 Å². The van der Waals surface area contributed by atoms with E-state index in [4.69, 9.17) is 9.15 Å². The van der Waals surface area contributed by atoms with E-state index in [0.717, 1.165) is 16.3 Å². The maximum atomic E-state index is 12.4. The van der Waals surface area contributed by atoms with Crippen molar-refractivity contribution in [3.8, 4) is 5.75 Å². The van der Waals surface area contributed by atoms with Crippen molar-refractivity contribution >= 4 is 45.4 Å². The van der Waals surface area contributed by atoms with Gasteiger partial charge < -0.3 is 24.4 Å². The number of aliphatic carboxylic acids is 1. The van der Waals surface area contributed by atoms with E-state index in [1.807, 2.05) is 42.5 Å². The molecule has 8 heteroatoms. The third kappa shape index (κ3) is 5.23. The maximum Gasteiger partial charge on any atom is 0.344 e. The molecule has 1 amide bonds. The van der Waals surface area contributed by atoms with Crippen LogP contribution in [0.3, 0.4) is 0 Å². The SMILES string of the molecule is Cc1c(OCC(=O)N[C@@H](CSCc2ccccc2)C(=O)[O-])ccc2c1oc(=O)c1ccccc12. The van der Waals surface area contributed by atoms with E-state index in [9.17, 15) is 19.5 Å². The van der Waals surface area contributed by atoms with E-state index in [-0.39, 0.29) is 5.75 Å². The molecule has 0 aliphatic heterocycles. The number of rotatable bonds is 9. The summed E-state index contributed by atoms with van der Waals surface area (Å²) in [5, 5.41) is 15.9. The zero-order valence-electron chi connectivity index (χ0n) is 18.4. The van der Waals surface area contributed by atoms with Crippen molar-refractivity contribution < 1.29 is 23.8 Å². The van der Waals surface area contributed by atoms with Gasteiger partial charge in [0.15, 0.2) is 6.61 Å². The number of hydrogen-bond donors (Lipinski definition) is 1. The second-order valence-corrected chi connectivity index (χ2v) is 8.76. The molecule has 0 saturated carbocycles. The van der Waals surface area contributed by atoms with Gasteiger partial charge in [0, 0.05) is 22.5 Å². The summed E-state index contributed by atoms with van der Waals surface area (Å²) >= 11 is 1.39. The van der Waals surface area contributed by atoms with Crippen LogP contribution in [0.5, 0.6) is 5.75 Å². The molecule has 0 unspecified atom stereocenters. The third-order valence-corrected chi connectivity index (χ3v) is 6.47. The molecular weight excluding hydrogens is 454 g/mol. The normalized spacial score (nSPS) is 11.9. The van der Waals surface area contributed by atoms with Gasteiger partial charge in [0.2, 0.25) is 0 Å². The van der Waals surface area contributed by atoms with Crippen LogP contribution in [-0.2, 0) is 15.3 Å². The van der Waals surface area contributed by atoms with Gasteiger partial charge in [-0.3, -0.25) is 4.79 Å². The van der Waals surface area contributed by atoms with Crippen molar-refractivity contribution in [3.63, 3.8) is 0 Å². The van der Waals surface area contributed by atoms with Crippen molar-refractivity contribution in [1.29, 1.82) is 0 Å². The molecule has 1 aromatic heterocycles. The van der Waals surface area contributed by atoms with Crippen LogP contribution in [0.1, 0.15) is 11.1 Å². The van der Waals surface area contributed by atoms with Gasteiger partial charge in [0.1, 0.15) is 11.3 Å². The quantitative estimate of drug-likeness (QED) is 0.292. The van der Waals surface area contributed by atoms with Gasteiger partial charge in [0.25, 0.3) is 5.91 Å². The highest BCUT2D eigenvalue weighted by Crippen LogP contribution is 2.30. The lowest BCUT2D eigenvalue weighted by molar-refractivity contribution is -0.307. The summed E-state index contributed by atoms with van der Waals surface area (Å²) in [6, 6.07) is 19.1. The van der Waals surface area contributed by atoms with Crippen LogP contribution in [-0.4, -0.2) is 30.3 Å². The van der Waals surface area contributed by atoms with Gasteiger partial charge in [-0.05, 0) is 36.1 Å². The molecule has 34 heavy (non-hydrogen) atoms. The van der Waals surface area contributed by atoms with Gasteiger partial charge in [-0.15, -0.1) is 0 Å². The average molecular weight is 477 g/mol. The lowest BCUT2D eigenvalue weighted by atomic mass is 10.0. The van der Waals surface area contributed by atoms with Crippen LogP contribution in [0.25, 0.3) is 21.7 Å². The molecule has 3 aromatic carbocycles. The lowest BCUT2D eigenvalue weighted by Crippen LogP contribution is -2.50. The monoisotopic (exact) mass is 476 g/mol. The second-order valence-electron chi connectivity index (χ2n) is 7.73. The largest absolute Gasteiger partial charge is 0.548 e. The molecule has 0 saturated heterocycles. The molecule has 1 heterocycles. The Balaban J connectivity index is 1.40. The van der Waals surface area contributed by atoms with E-state index >= 15 is 0 Å². The van der Waals surface area contributed by atoms with Gasteiger partial charge >= 0.3 is 5.63 Å². The van der Waals surface area contributed by atoms with Crippen LogP contribution in [0, 0.1) is 6.92 Å². The summed E-state index contributed by atoms with van der Waals surface area (Å²) < 4.78 is 11.1. The van der Waals surface area contributed by atoms with Crippen LogP contribution in [0.2, 0.25) is 0 Å². The summed E-state index contributed by atoms with van der Waals surface area (Å²) in [7, 11) is 0. The molecule has 174 valence electrons. The predicted molar refractivity (Wildman–Crippen MR) is 130 cm³/mol. The number of hydrogen-bond acceptors (Lipinski definition) is 7. The topological polar surface area (TPSA) is 109 Å². The summed E-state index contributed by atoms with van der Waals surface area (Å²) in [5.41, 5.74) is 1.56. The Hall–Kier alpha value is -3.78. The van der Waals surface area contributed by atoms with Crippen molar-refractivity contribution in [2.75, 3.05) is 12.4 Å². The standard InChI is InChI=1S/C26H23NO6S/c1-16-22(12-11-19-18-9-5-6-10-20(18)26(31)33-24(16)19)32-13-23(28)27-21(25(29)30)15-34-14-17-7-3-2-4-8-17/h2-12,21H,13-15H2,1H3,(H,27,28)(H,29,30)/p-1/t21-/m0/s1. The van der Waals surface area contributed by atoms with E-state index < -0.39 is 30.2 Å². The number of carbonyl (C=O) groups is 2. The molecule has 0 fully saturated rings. The Kier molecular flexibility index (Phi) is 7.18. The van der Waals surface area contributed by atoms with Crippen LogP contribution in [0.4, 0.5) is 0 Å². The molecular formula is C26H22NO6S-. The number of carboxylic acid groups (broad SMARTS) is 1. The minimum absolute atomic E-state index is 0.163. The average Bonchev–Trinajstić information content (AvgIpc) is 2.84. The van der Waals surface area contributed by atoms with Gasteiger partial charge in [-0.2, -0.15) is 11.8 Å². The molecule has 0 bridgehead atoms. The smallest absolute Gasteiger partial charge is 0.344 e. The van der Waals surface area contributed by atoms with Crippen molar-refractivity contribution in [2.45, 2.75) is 18.7 Å². The maximum absolute atomic E-state index is 12.4. The molecule has 0 aliphatic carbocycles. The Morgan fingerprint density at radius 1 is 1.00 bits per heavy atom.